The molecule has 3 aliphatic rings. The minimum atomic E-state index is -0.344. The molecule has 1 N–H and O–H groups in total. The van der Waals surface area contributed by atoms with Crippen molar-refractivity contribution in [2.24, 2.45) is 0 Å². The van der Waals surface area contributed by atoms with E-state index in [1.165, 1.54) is 11.1 Å². The second-order valence-electron chi connectivity index (χ2n) is 6.19. The fourth-order valence-corrected chi connectivity index (χ4v) is 3.81. The van der Waals surface area contributed by atoms with Gasteiger partial charge in [-0.25, -0.2) is 0 Å². The summed E-state index contributed by atoms with van der Waals surface area (Å²) in [6, 6.07) is 6.60. The van der Waals surface area contributed by atoms with Crippen LogP contribution in [0.25, 0.3) is 0 Å². The molecule has 2 heteroatoms. The average Bonchev–Trinajstić information content (AvgIpc) is 2.40. The van der Waals surface area contributed by atoms with E-state index in [1.807, 2.05) is 0 Å². The fourth-order valence-electron chi connectivity index (χ4n) is 3.81. The van der Waals surface area contributed by atoms with Crippen LogP contribution in [0, 0.1) is 6.92 Å². The molecule has 0 aromatic heterocycles. The van der Waals surface area contributed by atoms with Gasteiger partial charge >= 0.3 is 0 Å². The lowest BCUT2D eigenvalue weighted by Gasteiger charge is -2.51. The number of ether oxygens (including phenoxy) is 1. The molecule has 98 valence electrons. The Morgan fingerprint density at radius 2 is 1.67 bits per heavy atom. The first-order valence-electron chi connectivity index (χ1n) is 6.95. The summed E-state index contributed by atoms with van der Waals surface area (Å²) < 4.78 is 5.34. The van der Waals surface area contributed by atoms with Crippen LogP contribution in [0.5, 0.6) is 5.75 Å². The first kappa shape index (κ1) is 12.0. The molecule has 2 nitrogen and oxygen atoms in total. The highest BCUT2D eigenvalue weighted by atomic mass is 16.5. The van der Waals surface area contributed by atoms with Crippen molar-refractivity contribution in [3.05, 3.63) is 29.3 Å². The zero-order valence-corrected chi connectivity index (χ0v) is 11.3. The third kappa shape index (κ3) is 1.74. The molecule has 0 heterocycles. The van der Waals surface area contributed by atoms with E-state index in [4.69, 9.17) is 4.74 Å². The van der Waals surface area contributed by atoms with Crippen molar-refractivity contribution >= 4 is 0 Å². The third-order valence-electron chi connectivity index (χ3n) is 5.21. The molecule has 0 amide bonds. The number of hydrogen-bond donors (Lipinski definition) is 1. The Bertz CT molecular complexity index is 440. The number of rotatable bonds is 2. The van der Waals surface area contributed by atoms with Gasteiger partial charge in [-0.05, 0) is 68.1 Å². The van der Waals surface area contributed by atoms with Crippen LogP contribution in [0.15, 0.2) is 18.2 Å². The van der Waals surface area contributed by atoms with Crippen LogP contribution >= 0.6 is 0 Å². The largest absolute Gasteiger partial charge is 0.496 e. The van der Waals surface area contributed by atoms with Crippen LogP contribution in [0.3, 0.4) is 0 Å². The summed E-state index contributed by atoms with van der Waals surface area (Å²) in [5.41, 5.74) is 2.64. The van der Waals surface area contributed by atoms with Gasteiger partial charge in [0.1, 0.15) is 5.75 Å². The Labute approximate surface area is 109 Å². The van der Waals surface area contributed by atoms with Gasteiger partial charge in [0.05, 0.1) is 12.7 Å². The van der Waals surface area contributed by atoms with Crippen LogP contribution in [-0.2, 0) is 5.41 Å². The van der Waals surface area contributed by atoms with Gasteiger partial charge in [0, 0.05) is 0 Å². The molecule has 0 atom stereocenters. The van der Waals surface area contributed by atoms with Gasteiger partial charge in [0.15, 0.2) is 0 Å². The molecule has 0 aliphatic heterocycles. The normalized spacial score (nSPS) is 34.6. The van der Waals surface area contributed by atoms with Gasteiger partial charge in [-0.3, -0.25) is 0 Å². The van der Waals surface area contributed by atoms with E-state index in [-0.39, 0.29) is 5.60 Å². The first-order chi connectivity index (χ1) is 8.57. The molecule has 0 radical (unpaired) electrons. The summed E-state index contributed by atoms with van der Waals surface area (Å²) >= 11 is 0. The molecule has 4 rings (SSSR count). The topological polar surface area (TPSA) is 29.5 Å². The molecule has 0 saturated heterocycles. The number of hydrogen-bond acceptors (Lipinski definition) is 2. The molecule has 1 aromatic rings. The first-order valence-corrected chi connectivity index (χ1v) is 6.95. The van der Waals surface area contributed by atoms with Gasteiger partial charge in [0.2, 0.25) is 0 Å². The SMILES string of the molecule is COc1ccc(C23CCC(O)(CC2)CC3)cc1C. The summed E-state index contributed by atoms with van der Waals surface area (Å²) in [6.07, 6.45) is 6.31. The van der Waals surface area contributed by atoms with Gasteiger partial charge < -0.3 is 9.84 Å². The third-order valence-corrected chi connectivity index (χ3v) is 5.21. The lowest BCUT2D eigenvalue weighted by atomic mass is 9.56. The van der Waals surface area contributed by atoms with Gasteiger partial charge in [-0.15, -0.1) is 0 Å². The van der Waals surface area contributed by atoms with E-state index < -0.39 is 0 Å². The lowest BCUT2D eigenvalue weighted by Crippen LogP contribution is -2.48. The van der Waals surface area contributed by atoms with Crippen molar-refractivity contribution in [2.45, 2.75) is 56.5 Å². The summed E-state index contributed by atoms with van der Waals surface area (Å²) in [5.74, 6) is 0.971. The van der Waals surface area contributed by atoms with E-state index in [1.54, 1.807) is 7.11 Å². The van der Waals surface area contributed by atoms with Crippen molar-refractivity contribution in [2.75, 3.05) is 7.11 Å². The van der Waals surface area contributed by atoms with E-state index in [2.05, 4.69) is 25.1 Å². The zero-order chi connectivity index (χ0) is 12.8. The molecule has 1 aromatic carbocycles. The van der Waals surface area contributed by atoms with Crippen LogP contribution in [0.4, 0.5) is 0 Å². The number of benzene rings is 1. The number of fused-ring (bicyclic) bond motifs is 3. The summed E-state index contributed by atoms with van der Waals surface area (Å²) in [5, 5.41) is 10.3. The second kappa shape index (κ2) is 3.99. The molecule has 3 aliphatic carbocycles. The van der Waals surface area contributed by atoms with Crippen molar-refractivity contribution in [3.63, 3.8) is 0 Å². The summed E-state index contributed by atoms with van der Waals surface area (Å²) in [6.45, 7) is 2.11. The van der Waals surface area contributed by atoms with E-state index in [0.29, 0.717) is 5.41 Å². The van der Waals surface area contributed by atoms with Crippen LogP contribution in [-0.4, -0.2) is 17.8 Å². The zero-order valence-electron chi connectivity index (χ0n) is 11.3. The molecule has 0 spiro atoms. The monoisotopic (exact) mass is 246 g/mol. The quantitative estimate of drug-likeness (QED) is 0.867. The number of methoxy groups -OCH3 is 1. The Balaban J connectivity index is 1.93. The Morgan fingerprint density at radius 3 is 2.17 bits per heavy atom. The fraction of sp³-hybridized carbons (Fsp3) is 0.625. The summed E-state index contributed by atoms with van der Waals surface area (Å²) in [4.78, 5) is 0. The molecular formula is C16H22O2. The van der Waals surface area contributed by atoms with Crippen molar-refractivity contribution in [1.82, 2.24) is 0 Å². The van der Waals surface area contributed by atoms with Crippen molar-refractivity contribution in [3.8, 4) is 5.75 Å². The molecule has 3 fully saturated rings. The lowest BCUT2D eigenvalue weighted by molar-refractivity contribution is -0.0660. The average molecular weight is 246 g/mol. The second-order valence-corrected chi connectivity index (χ2v) is 6.19. The van der Waals surface area contributed by atoms with E-state index in [9.17, 15) is 5.11 Å². The number of aryl methyl sites for hydroxylation is 1. The minimum absolute atomic E-state index is 0.321. The Hall–Kier alpha value is -1.02. The van der Waals surface area contributed by atoms with Crippen LogP contribution < -0.4 is 4.74 Å². The number of aliphatic hydroxyl groups is 1. The predicted octanol–water partition coefficient (Wildman–Crippen LogP) is 3.34. The van der Waals surface area contributed by atoms with Gasteiger partial charge in [-0.2, -0.15) is 0 Å². The summed E-state index contributed by atoms with van der Waals surface area (Å²) in [7, 11) is 1.72. The smallest absolute Gasteiger partial charge is 0.121 e. The van der Waals surface area contributed by atoms with Crippen molar-refractivity contribution in [1.29, 1.82) is 0 Å². The molecular weight excluding hydrogens is 224 g/mol. The highest BCUT2D eigenvalue weighted by Gasteiger charge is 2.48. The molecule has 18 heavy (non-hydrogen) atoms. The molecule has 3 saturated carbocycles. The standard InChI is InChI=1S/C16H22O2/c1-12-11-13(3-4-14(12)18-2)15-5-8-16(17,9-6-15)10-7-15/h3-4,11,17H,5-10H2,1-2H3. The van der Waals surface area contributed by atoms with Crippen LogP contribution in [0.2, 0.25) is 0 Å². The van der Waals surface area contributed by atoms with E-state index >= 15 is 0 Å². The van der Waals surface area contributed by atoms with Crippen LogP contribution in [0.1, 0.15) is 49.7 Å². The molecule has 0 unspecified atom stereocenters. The van der Waals surface area contributed by atoms with Gasteiger partial charge in [0.25, 0.3) is 0 Å². The highest BCUT2D eigenvalue weighted by Crippen LogP contribution is 2.53. The minimum Gasteiger partial charge on any atom is -0.496 e. The highest BCUT2D eigenvalue weighted by molar-refractivity contribution is 5.40. The Kier molecular flexibility index (Phi) is 2.67. The van der Waals surface area contributed by atoms with Crippen molar-refractivity contribution < 1.29 is 9.84 Å². The maximum atomic E-state index is 10.3. The van der Waals surface area contributed by atoms with E-state index in [0.717, 1.165) is 44.3 Å². The maximum Gasteiger partial charge on any atom is 0.121 e. The van der Waals surface area contributed by atoms with Gasteiger partial charge in [-0.1, -0.05) is 12.1 Å². The predicted molar refractivity (Wildman–Crippen MR) is 72.1 cm³/mol. The Morgan fingerprint density at radius 1 is 1.06 bits per heavy atom. The molecule has 2 bridgehead atoms. The maximum absolute atomic E-state index is 10.3.